The fourth-order valence-corrected chi connectivity index (χ4v) is 2.58. The molecular formula is C14H23NO6S. The van der Waals surface area contributed by atoms with Gasteiger partial charge in [0.1, 0.15) is 23.9 Å². The molecule has 0 aliphatic heterocycles. The smallest absolute Gasteiger partial charge is 0.408 e. The molecule has 0 radical (unpaired) electrons. The first kappa shape index (κ1) is 18.9. The second-order valence-corrected chi connectivity index (χ2v) is 6.85. The van der Waals surface area contributed by atoms with Gasteiger partial charge in [-0.15, -0.1) is 11.3 Å². The number of rotatable bonds is 6. The lowest BCUT2D eigenvalue weighted by Crippen LogP contribution is -2.48. The summed E-state index contributed by atoms with van der Waals surface area (Å²) in [6.07, 6.45) is -5.39. The highest BCUT2D eigenvalue weighted by atomic mass is 32.1. The van der Waals surface area contributed by atoms with Gasteiger partial charge in [0.25, 0.3) is 0 Å². The second-order valence-electron chi connectivity index (χ2n) is 5.87. The Morgan fingerprint density at radius 2 is 1.95 bits per heavy atom. The quantitative estimate of drug-likeness (QED) is 0.514. The molecule has 0 unspecified atom stereocenters. The normalized spacial score (nSPS) is 17.4. The van der Waals surface area contributed by atoms with Crippen molar-refractivity contribution in [3.05, 3.63) is 22.4 Å². The maximum Gasteiger partial charge on any atom is 0.408 e. The molecule has 1 aromatic heterocycles. The first-order valence-corrected chi connectivity index (χ1v) is 7.71. The Balaban J connectivity index is 2.88. The molecule has 0 aromatic carbocycles. The van der Waals surface area contributed by atoms with Crippen LogP contribution in [0.3, 0.4) is 0 Å². The molecule has 4 atom stereocenters. The van der Waals surface area contributed by atoms with Gasteiger partial charge in [-0.25, -0.2) is 4.79 Å². The molecule has 1 rings (SSSR count). The minimum absolute atomic E-state index is 0.586. The van der Waals surface area contributed by atoms with E-state index >= 15 is 0 Å². The first-order chi connectivity index (χ1) is 10.2. The molecule has 1 amide bonds. The molecule has 22 heavy (non-hydrogen) atoms. The third-order valence-corrected chi connectivity index (χ3v) is 3.75. The maximum atomic E-state index is 11.9. The number of ether oxygens (including phenoxy) is 1. The highest BCUT2D eigenvalue weighted by Gasteiger charge is 2.34. The zero-order chi connectivity index (χ0) is 16.9. The number of hydrogen-bond acceptors (Lipinski definition) is 7. The zero-order valence-corrected chi connectivity index (χ0v) is 13.6. The van der Waals surface area contributed by atoms with Crippen LogP contribution in [0.4, 0.5) is 4.79 Å². The van der Waals surface area contributed by atoms with Gasteiger partial charge < -0.3 is 30.5 Å². The summed E-state index contributed by atoms with van der Waals surface area (Å²) in [6, 6.07) is 2.44. The van der Waals surface area contributed by atoms with Crippen LogP contribution in [0, 0.1) is 0 Å². The van der Waals surface area contributed by atoms with Crippen molar-refractivity contribution in [1.29, 1.82) is 0 Å². The predicted octanol–water partition coefficient (Wildman–Crippen LogP) is 0.389. The molecule has 8 heteroatoms. The average Bonchev–Trinajstić information content (AvgIpc) is 2.94. The fourth-order valence-electron chi connectivity index (χ4n) is 1.76. The number of hydrogen-bond donors (Lipinski definition) is 5. The van der Waals surface area contributed by atoms with Gasteiger partial charge in [-0.1, -0.05) is 6.07 Å². The van der Waals surface area contributed by atoms with Crippen LogP contribution in [0.5, 0.6) is 0 Å². The van der Waals surface area contributed by atoms with Crippen LogP contribution in [-0.4, -0.2) is 57.0 Å². The highest BCUT2D eigenvalue weighted by molar-refractivity contribution is 7.10. The minimum atomic E-state index is -1.62. The summed E-state index contributed by atoms with van der Waals surface area (Å²) in [6.45, 7) is 4.40. The summed E-state index contributed by atoms with van der Waals surface area (Å²) in [4.78, 5) is 12.5. The number of amides is 1. The molecule has 126 valence electrons. The van der Waals surface area contributed by atoms with E-state index in [1.165, 1.54) is 11.3 Å². The number of aliphatic hydroxyl groups excluding tert-OH is 4. The summed E-state index contributed by atoms with van der Waals surface area (Å²) in [7, 11) is 0. The number of alkyl carbamates (subject to hydrolysis) is 1. The Hall–Kier alpha value is -1.19. The predicted molar refractivity (Wildman–Crippen MR) is 81.5 cm³/mol. The highest BCUT2D eigenvalue weighted by Crippen LogP contribution is 2.25. The molecule has 1 heterocycles. The first-order valence-electron chi connectivity index (χ1n) is 6.83. The van der Waals surface area contributed by atoms with E-state index in [4.69, 9.17) is 9.84 Å². The van der Waals surface area contributed by atoms with Gasteiger partial charge in [0.2, 0.25) is 0 Å². The van der Waals surface area contributed by atoms with E-state index in [1.54, 1.807) is 38.3 Å². The van der Waals surface area contributed by atoms with Crippen molar-refractivity contribution in [3.8, 4) is 0 Å². The Bertz CT molecular complexity index is 458. The SMILES string of the molecule is CC(C)(C)OC(=O)N[C@H](c1cccs1)[C@@H](O)[C@H](O)[C@H](O)CO. The summed E-state index contributed by atoms with van der Waals surface area (Å²) in [5.74, 6) is 0. The Morgan fingerprint density at radius 3 is 2.41 bits per heavy atom. The van der Waals surface area contributed by atoms with Crippen LogP contribution >= 0.6 is 11.3 Å². The molecule has 0 saturated carbocycles. The van der Waals surface area contributed by atoms with E-state index in [-0.39, 0.29) is 0 Å². The van der Waals surface area contributed by atoms with Crippen LogP contribution in [0.25, 0.3) is 0 Å². The molecule has 5 N–H and O–H groups in total. The van der Waals surface area contributed by atoms with Gasteiger partial charge in [0.05, 0.1) is 12.6 Å². The van der Waals surface area contributed by atoms with Crippen molar-refractivity contribution >= 4 is 17.4 Å². The van der Waals surface area contributed by atoms with E-state index in [1.807, 2.05) is 0 Å². The summed E-state index contributed by atoms with van der Waals surface area (Å²) in [5, 5.41) is 42.6. The number of carbonyl (C=O) groups is 1. The molecule has 0 aliphatic carbocycles. The summed E-state index contributed by atoms with van der Waals surface area (Å²) in [5.41, 5.74) is -0.710. The number of nitrogens with one attached hydrogen (secondary N) is 1. The molecule has 0 bridgehead atoms. The van der Waals surface area contributed by atoms with Crippen molar-refractivity contribution in [2.75, 3.05) is 6.61 Å². The third kappa shape index (κ3) is 5.54. The minimum Gasteiger partial charge on any atom is -0.444 e. The van der Waals surface area contributed by atoms with Crippen LogP contribution in [0.15, 0.2) is 17.5 Å². The summed E-state index contributed by atoms with van der Waals surface area (Å²) < 4.78 is 5.13. The van der Waals surface area contributed by atoms with Crippen molar-refractivity contribution < 1.29 is 30.0 Å². The van der Waals surface area contributed by atoms with Crippen molar-refractivity contribution in [3.63, 3.8) is 0 Å². The zero-order valence-electron chi connectivity index (χ0n) is 12.8. The molecule has 0 aliphatic rings. The standard InChI is InChI=1S/C14H23NO6S/c1-14(2,3)21-13(20)15-10(9-5-4-6-22-9)12(19)11(18)8(17)7-16/h4-6,8,10-12,16-19H,7H2,1-3H3,(H,15,20)/t8-,10-,11-,12-/m1/s1. The van der Waals surface area contributed by atoms with E-state index in [9.17, 15) is 20.1 Å². The lowest BCUT2D eigenvalue weighted by Gasteiger charge is -2.30. The second kappa shape index (κ2) is 7.89. The lowest BCUT2D eigenvalue weighted by atomic mass is 10.00. The topological polar surface area (TPSA) is 119 Å². The number of thiophene rings is 1. The van der Waals surface area contributed by atoms with Crippen molar-refractivity contribution in [1.82, 2.24) is 5.32 Å². The van der Waals surface area contributed by atoms with E-state index in [0.717, 1.165) is 0 Å². The van der Waals surface area contributed by atoms with Crippen LogP contribution in [0.1, 0.15) is 31.7 Å². The van der Waals surface area contributed by atoms with Gasteiger partial charge >= 0.3 is 6.09 Å². The van der Waals surface area contributed by atoms with Gasteiger partial charge in [-0.2, -0.15) is 0 Å². The Kier molecular flexibility index (Phi) is 6.76. The van der Waals surface area contributed by atoms with Crippen molar-refractivity contribution in [2.45, 2.75) is 50.7 Å². The van der Waals surface area contributed by atoms with Gasteiger partial charge in [-0.05, 0) is 32.2 Å². The maximum absolute atomic E-state index is 11.9. The Labute approximate surface area is 133 Å². The van der Waals surface area contributed by atoms with Crippen LogP contribution in [-0.2, 0) is 4.74 Å². The van der Waals surface area contributed by atoms with Crippen molar-refractivity contribution in [2.24, 2.45) is 0 Å². The van der Waals surface area contributed by atoms with E-state index < -0.39 is 42.7 Å². The molecule has 0 spiro atoms. The average molecular weight is 333 g/mol. The number of aliphatic hydroxyl groups is 4. The van der Waals surface area contributed by atoms with E-state index in [2.05, 4.69) is 5.32 Å². The molecule has 7 nitrogen and oxygen atoms in total. The molecule has 1 aromatic rings. The summed E-state index contributed by atoms with van der Waals surface area (Å²) >= 11 is 1.27. The van der Waals surface area contributed by atoms with Crippen LogP contribution < -0.4 is 5.32 Å². The Morgan fingerprint density at radius 1 is 1.32 bits per heavy atom. The van der Waals surface area contributed by atoms with E-state index in [0.29, 0.717) is 4.88 Å². The molecule has 0 saturated heterocycles. The monoisotopic (exact) mass is 333 g/mol. The number of carbonyl (C=O) groups excluding carboxylic acids is 1. The third-order valence-electron chi connectivity index (χ3n) is 2.79. The largest absolute Gasteiger partial charge is 0.444 e. The fraction of sp³-hybridized carbons (Fsp3) is 0.643. The molecular weight excluding hydrogens is 310 g/mol. The van der Waals surface area contributed by atoms with Gasteiger partial charge in [-0.3, -0.25) is 0 Å². The van der Waals surface area contributed by atoms with Gasteiger partial charge in [0.15, 0.2) is 0 Å². The lowest BCUT2D eigenvalue weighted by molar-refractivity contribution is -0.0873. The van der Waals surface area contributed by atoms with Crippen LogP contribution in [0.2, 0.25) is 0 Å². The molecule has 0 fully saturated rings. The van der Waals surface area contributed by atoms with Gasteiger partial charge in [0, 0.05) is 4.88 Å².